The normalized spacial score (nSPS) is 11.3. The van der Waals surface area contributed by atoms with Gasteiger partial charge in [-0.2, -0.15) is 0 Å². The van der Waals surface area contributed by atoms with Crippen molar-refractivity contribution >= 4 is 15.7 Å². The molecule has 4 nitrogen and oxygen atoms in total. The summed E-state index contributed by atoms with van der Waals surface area (Å²) in [5.74, 6) is -0.398. The van der Waals surface area contributed by atoms with Crippen LogP contribution in [0, 0.1) is 18.6 Å². The fourth-order valence-electron chi connectivity index (χ4n) is 2.89. The summed E-state index contributed by atoms with van der Waals surface area (Å²) in [7, 11) is -2.52. The lowest BCUT2D eigenvalue weighted by molar-refractivity contribution is 0.415. The largest absolute Gasteiger partial charge is 0.497 e. The fraction of sp³-hybridized carbons (Fsp3) is 0.143. The Bertz CT molecular complexity index is 1080. The van der Waals surface area contributed by atoms with Crippen molar-refractivity contribution in [1.82, 2.24) is 0 Å². The molecule has 3 aromatic carbocycles. The summed E-state index contributed by atoms with van der Waals surface area (Å²) in [6.07, 6.45) is 0. The second kappa shape index (κ2) is 7.98. The van der Waals surface area contributed by atoms with Crippen LogP contribution in [0.15, 0.2) is 71.6 Å². The van der Waals surface area contributed by atoms with Gasteiger partial charge in [0.05, 0.1) is 24.2 Å². The molecule has 0 N–H and O–H groups in total. The molecule has 3 aromatic rings. The number of sulfonamides is 1. The Morgan fingerprint density at radius 3 is 2.21 bits per heavy atom. The molecule has 0 saturated carbocycles. The van der Waals surface area contributed by atoms with Gasteiger partial charge in [0.15, 0.2) is 0 Å². The minimum absolute atomic E-state index is 0.0129. The van der Waals surface area contributed by atoms with Crippen molar-refractivity contribution in [3.8, 4) is 5.75 Å². The first kappa shape index (κ1) is 19.8. The average molecular weight is 403 g/mol. The van der Waals surface area contributed by atoms with Crippen LogP contribution < -0.4 is 9.04 Å². The van der Waals surface area contributed by atoms with E-state index >= 15 is 0 Å². The average Bonchev–Trinajstić information content (AvgIpc) is 2.66. The minimum atomic E-state index is -4.03. The Morgan fingerprint density at radius 2 is 1.61 bits per heavy atom. The van der Waals surface area contributed by atoms with Crippen LogP contribution in [0.25, 0.3) is 0 Å². The predicted octanol–water partition coefficient (Wildman–Crippen LogP) is 4.68. The molecule has 0 radical (unpaired) electrons. The number of hydrogen-bond acceptors (Lipinski definition) is 3. The highest BCUT2D eigenvalue weighted by Crippen LogP contribution is 2.29. The van der Waals surface area contributed by atoms with Crippen molar-refractivity contribution in [1.29, 1.82) is 0 Å². The van der Waals surface area contributed by atoms with Crippen LogP contribution in [0.3, 0.4) is 0 Å². The van der Waals surface area contributed by atoms with Crippen molar-refractivity contribution in [2.24, 2.45) is 0 Å². The molecular weight excluding hydrogens is 384 g/mol. The number of methoxy groups -OCH3 is 1. The molecule has 146 valence electrons. The second-order valence-electron chi connectivity index (χ2n) is 6.25. The van der Waals surface area contributed by atoms with Gasteiger partial charge in [0.2, 0.25) is 0 Å². The van der Waals surface area contributed by atoms with E-state index in [-0.39, 0.29) is 17.0 Å². The summed E-state index contributed by atoms with van der Waals surface area (Å²) >= 11 is 0. The maximum Gasteiger partial charge on any atom is 0.264 e. The summed E-state index contributed by atoms with van der Waals surface area (Å²) < 4.78 is 60.2. The smallest absolute Gasteiger partial charge is 0.264 e. The monoisotopic (exact) mass is 403 g/mol. The van der Waals surface area contributed by atoms with Gasteiger partial charge in [0, 0.05) is 0 Å². The van der Waals surface area contributed by atoms with E-state index in [9.17, 15) is 17.2 Å². The van der Waals surface area contributed by atoms with Crippen molar-refractivity contribution in [2.45, 2.75) is 18.4 Å². The minimum Gasteiger partial charge on any atom is -0.497 e. The van der Waals surface area contributed by atoms with Gasteiger partial charge in [0.25, 0.3) is 10.0 Å². The number of halogens is 2. The van der Waals surface area contributed by atoms with Crippen LogP contribution in [0.2, 0.25) is 0 Å². The second-order valence-corrected chi connectivity index (χ2v) is 8.08. The highest BCUT2D eigenvalue weighted by atomic mass is 32.2. The number of aryl methyl sites for hydroxylation is 1. The number of anilines is 1. The summed E-state index contributed by atoms with van der Waals surface area (Å²) in [5, 5.41) is 0. The van der Waals surface area contributed by atoms with Crippen molar-refractivity contribution in [3.63, 3.8) is 0 Å². The van der Waals surface area contributed by atoms with Gasteiger partial charge in [-0.1, -0.05) is 12.1 Å². The van der Waals surface area contributed by atoms with E-state index in [4.69, 9.17) is 4.74 Å². The third-order valence-corrected chi connectivity index (χ3v) is 6.21. The van der Waals surface area contributed by atoms with E-state index in [0.717, 1.165) is 6.07 Å². The predicted molar refractivity (Wildman–Crippen MR) is 104 cm³/mol. The maximum atomic E-state index is 13.6. The zero-order valence-corrected chi connectivity index (χ0v) is 16.2. The molecule has 0 bridgehead atoms. The summed E-state index contributed by atoms with van der Waals surface area (Å²) in [6, 6.07) is 15.7. The lowest BCUT2D eigenvalue weighted by atomic mass is 10.2. The van der Waals surface area contributed by atoms with E-state index in [1.54, 1.807) is 30.3 Å². The molecule has 0 aromatic heterocycles. The van der Waals surface area contributed by atoms with Gasteiger partial charge in [0.1, 0.15) is 17.4 Å². The van der Waals surface area contributed by atoms with Crippen molar-refractivity contribution < 1.29 is 21.9 Å². The van der Waals surface area contributed by atoms with Gasteiger partial charge in [-0.05, 0) is 72.6 Å². The van der Waals surface area contributed by atoms with Gasteiger partial charge in [-0.25, -0.2) is 17.2 Å². The molecule has 0 heterocycles. The zero-order valence-electron chi connectivity index (χ0n) is 15.4. The van der Waals surface area contributed by atoms with Gasteiger partial charge >= 0.3 is 0 Å². The molecule has 7 heteroatoms. The first-order chi connectivity index (χ1) is 13.3. The van der Waals surface area contributed by atoms with E-state index in [2.05, 4.69) is 0 Å². The van der Waals surface area contributed by atoms with Crippen LogP contribution in [-0.2, 0) is 16.6 Å². The quantitative estimate of drug-likeness (QED) is 0.601. The number of benzene rings is 3. The van der Waals surface area contributed by atoms with Gasteiger partial charge in [-0.15, -0.1) is 0 Å². The SMILES string of the molecule is COc1ccc(N(Cc2cccc(F)c2)S(=O)(=O)c2ccc(F)cc2C)cc1. The van der Waals surface area contributed by atoms with Crippen LogP contribution in [-0.4, -0.2) is 15.5 Å². The lowest BCUT2D eigenvalue weighted by Crippen LogP contribution is -2.31. The molecule has 0 aliphatic heterocycles. The molecule has 0 saturated heterocycles. The van der Waals surface area contributed by atoms with Crippen LogP contribution in [0.5, 0.6) is 5.75 Å². The highest BCUT2D eigenvalue weighted by molar-refractivity contribution is 7.92. The molecule has 0 aliphatic carbocycles. The van der Waals surface area contributed by atoms with Crippen LogP contribution in [0.4, 0.5) is 14.5 Å². The molecule has 28 heavy (non-hydrogen) atoms. The summed E-state index contributed by atoms with van der Waals surface area (Å²) in [6.45, 7) is 1.45. The summed E-state index contributed by atoms with van der Waals surface area (Å²) in [5.41, 5.74) is 1.16. The molecule has 0 aliphatic rings. The Hall–Kier alpha value is -2.93. The lowest BCUT2D eigenvalue weighted by Gasteiger charge is -2.25. The van der Waals surface area contributed by atoms with Crippen molar-refractivity contribution in [3.05, 3.63) is 89.5 Å². The van der Waals surface area contributed by atoms with E-state index in [0.29, 0.717) is 17.0 Å². The van der Waals surface area contributed by atoms with Gasteiger partial charge < -0.3 is 4.74 Å². The first-order valence-electron chi connectivity index (χ1n) is 8.48. The molecular formula is C21H19F2NO3S. The Balaban J connectivity index is 2.10. The third kappa shape index (κ3) is 4.14. The molecule has 0 fully saturated rings. The fourth-order valence-corrected chi connectivity index (χ4v) is 4.55. The summed E-state index contributed by atoms with van der Waals surface area (Å²) in [4.78, 5) is -0.0129. The molecule has 3 rings (SSSR count). The number of rotatable bonds is 6. The number of nitrogens with zero attached hydrogens (tertiary/aromatic N) is 1. The molecule has 0 amide bonds. The Morgan fingerprint density at radius 1 is 0.929 bits per heavy atom. The van der Waals surface area contributed by atoms with Crippen molar-refractivity contribution in [2.75, 3.05) is 11.4 Å². The van der Waals surface area contributed by atoms with E-state index in [1.807, 2.05) is 0 Å². The zero-order chi connectivity index (χ0) is 20.3. The highest BCUT2D eigenvalue weighted by Gasteiger charge is 2.27. The number of hydrogen-bond donors (Lipinski definition) is 0. The Labute approximate surface area is 163 Å². The molecule has 0 unspecified atom stereocenters. The van der Waals surface area contributed by atoms with Crippen LogP contribution in [0.1, 0.15) is 11.1 Å². The van der Waals surface area contributed by atoms with Gasteiger partial charge in [-0.3, -0.25) is 4.31 Å². The van der Waals surface area contributed by atoms with E-state index in [1.165, 1.54) is 48.7 Å². The van der Waals surface area contributed by atoms with E-state index < -0.39 is 21.7 Å². The topological polar surface area (TPSA) is 46.6 Å². The molecule has 0 atom stereocenters. The third-order valence-electron chi connectivity index (χ3n) is 4.28. The number of ether oxygens (including phenoxy) is 1. The Kier molecular flexibility index (Phi) is 5.65. The first-order valence-corrected chi connectivity index (χ1v) is 9.92. The maximum absolute atomic E-state index is 13.6. The standard InChI is InChI=1S/C21H19F2NO3S/c1-15-12-18(23)6-11-21(15)28(25,26)24(14-16-4-3-5-17(22)13-16)19-7-9-20(27-2)10-8-19/h3-13H,14H2,1-2H3. The van der Waals surface area contributed by atoms with Crippen LogP contribution >= 0.6 is 0 Å². The molecule has 0 spiro atoms.